The van der Waals surface area contributed by atoms with Crippen LogP contribution in [0, 0.1) is 0 Å². The molecule has 0 saturated carbocycles. The van der Waals surface area contributed by atoms with Gasteiger partial charge in [-0.15, -0.1) is 23.5 Å². The van der Waals surface area contributed by atoms with Gasteiger partial charge in [0.05, 0.1) is 25.5 Å². The minimum Gasteiger partial charge on any atom is -0.492 e. The van der Waals surface area contributed by atoms with Crippen molar-refractivity contribution < 1.29 is 14.3 Å². The van der Waals surface area contributed by atoms with Crippen molar-refractivity contribution in [1.82, 2.24) is 0 Å². The highest BCUT2D eigenvalue weighted by molar-refractivity contribution is 7.99. The predicted octanol–water partition coefficient (Wildman–Crippen LogP) is 4.78. The maximum absolute atomic E-state index is 14.3. The van der Waals surface area contributed by atoms with Crippen LogP contribution in [0.25, 0.3) is 0 Å². The highest BCUT2D eigenvalue weighted by Crippen LogP contribution is 2.37. The summed E-state index contributed by atoms with van der Waals surface area (Å²) in [5.74, 6) is 1.53. The molecule has 0 aliphatic carbocycles. The number of aliphatic imine (C=N–C) groups is 3. The van der Waals surface area contributed by atoms with Gasteiger partial charge >= 0.3 is 0 Å². The standard InChI is InChI=1S/C40H58N10O3S2/c1-23(41)48-9-12-54-35-26(15-28(21-31(35)42)39(2,3)4)19-33(51)24-14-25(18-30(17-24)53-11-8-49-37(44)45)34(52)20-27-16-29(40(5,6)7)22-32(43)36(27)55-13-10-50-38(46)47/h14-18,21-22H,8-13,19-20,42-43H2,1-7H3,(H2,41,48)(H4,44,45,49)(H4,46,47,50). The molecule has 3 rings (SSSR count). The van der Waals surface area contributed by atoms with Crippen molar-refractivity contribution in [3.63, 3.8) is 0 Å². The van der Waals surface area contributed by atoms with Gasteiger partial charge in [-0.25, -0.2) is 0 Å². The lowest BCUT2D eigenvalue weighted by Crippen LogP contribution is -2.23. The van der Waals surface area contributed by atoms with Crippen LogP contribution in [0.15, 0.2) is 67.2 Å². The summed E-state index contributed by atoms with van der Waals surface area (Å²) in [4.78, 5) is 42.5. The molecule has 0 radical (unpaired) electrons. The summed E-state index contributed by atoms with van der Waals surface area (Å²) in [5.41, 5.74) is 45.9. The summed E-state index contributed by atoms with van der Waals surface area (Å²) < 4.78 is 5.99. The Morgan fingerprint density at radius 1 is 0.618 bits per heavy atom. The fraction of sp³-hybridized carbons (Fsp3) is 0.425. The van der Waals surface area contributed by atoms with Crippen LogP contribution in [-0.4, -0.2) is 67.1 Å². The Morgan fingerprint density at radius 3 is 1.44 bits per heavy atom. The first kappa shape index (κ1) is 44.5. The zero-order valence-corrected chi connectivity index (χ0v) is 34.8. The third-order valence-corrected chi connectivity index (χ3v) is 10.7. The van der Waals surface area contributed by atoms with Crippen molar-refractivity contribution in [2.75, 3.05) is 49.2 Å². The third-order valence-electron chi connectivity index (χ3n) is 8.36. The molecule has 0 amide bonds. The first-order valence-corrected chi connectivity index (χ1v) is 20.0. The Balaban J connectivity index is 2.08. The van der Waals surface area contributed by atoms with Crippen molar-refractivity contribution in [2.24, 2.45) is 43.6 Å². The van der Waals surface area contributed by atoms with E-state index in [1.807, 2.05) is 24.3 Å². The largest absolute Gasteiger partial charge is 0.492 e. The van der Waals surface area contributed by atoms with Crippen molar-refractivity contribution in [2.45, 2.75) is 81.9 Å². The summed E-state index contributed by atoms with van der Waals surface area (Å²) in [6, 6.07) is 12.9. The van der Waals surface area contributed by atoms with Gasteiger partial charge in [-0.2, -0.15) is 0 Å². The Kier molecular flexibility index (Phi) is 15.9. The molecular weight excluding hydrogens is 733 g/mol. The second-order valence-corrected chi connectivity index (χ2v) is 17.4. The summed E-state index contributed by atoms with van der Waals surface area (Å²) in [5, 5.41) is 0. The Morgan fingerprint density at radius 2 is 1.04 bits per heavy atom. The molecule has 0 saturated heterocycles. The van der Waals surface area contributed by atoms with Crippen LogP contribution >= 0.6 is 23.5 Å². The number of hydrogen-bond donors (Lipinski definition) is 7. The van der Waals surface area contributed by atoms with E-state index in [0.29, 0.717) is 58.7 Å². The quantitative estimate of drug-likeness (QED) is 0.0229. The molecule has 0 aromatic heterocycles. The summed E-state index contributed by atoms with van der Waals surface area (Å²) in [6.45, 7) is 15.5. The lowest BCUT2D eigenvalue weighted by Gasteiger charge is -2.23. The first-order valence-electron chi connectivity index (χ1n) is 18.0. The minimum absolute atomic E-state index is 0.00506. The summed E-state index contributed by atoms with van der Waals surface area (Å²) in [7, 11) is 0. The number of ketones is 2. The molecule has 3 aromatic rings. The van der Waals surface area contributed by atoms with Gasteiger partial charge in [0.2, 0.25) is 0 Å². The summed E-state index contributed by atoms with van der Waals surface area (Å²) in [6.07, 6.45) is 0.0704. The van der Waals surface area contributed by atoms with Gasteiger partial charge in [0.1, 0.15) is 12.4 Å². The number of nitrogen functional groups attached to an aromatic ring is 2. The van der Waals surface area contributed by atoms with Gasteiger partial charge in [0.15, 0.2) is 23.5 Å². The second-order valence-electron chi connectivity index (χ2n) is 15.2. The molecule has 13 nitrogen and oxygen atoms in total. The number of benzene rings is 3. The van der Waals surface area contributed by atoms with E-state index in [4.69, 9.17) is 44.9 Å². The molecule has 0 fully saturated rings. The third kappa shape index (κ3) is 14.0. The van der Waals surface area contributed by atoms with Gasteiger partial charge in [-0.1, -0.05) is 53.7 Å². The molecule has 298 valence electrons. The maximum Gasteiger partial charge on any atom is 0.186 e. The van der Waals surface area contributed by atoms with Crippen molar-refractivity contribution in [3.05, 3.63) is 75.8 Å². The molecule has 0 aliphatic rings. The van der Waals surface area contributed by atoms with E-state index in [-0.39, 0.29) is 60.3 Å². The summed E-state index contributed by atoms with van der Waals surface area (Å²) >= 11 is 3.01. The molecular formula is C40H58N10O3S2. The average molecular weight is 791 g/mol. The van der Waals surface area contributed by atoms with Gasteiger partial charge < -0.3 is 44.9 Å². The number of thioether (sulfide) groups is 2. The number of rotatable bonds is 18. The van der Waals surface area contributed by atoms with Crippen molar-refractivity contribution >= 4 is 64.2 Å². The van der Waals surface area contributed by atoms with Gasteiger partial charge in [0.25, 0.3) is 0 Å². The second kappa shape index (κ2) is 19.6. The number of carbonyl (C=O) groups is 2. The van der Waals surface area contributed by atoms with Crippen molar-refractivity contribution in [1.29, 1.82) is 0 Å². The number of Topliss-reactive ketones (excluding diaryl/α,β-unsaturated/α-hetero) is 2. The van der Waals surface area contributed by atoms with E-state index < -0.39 is 0 Å². The topological polar surface area (TPSA) is 263 Å². The average Bonchev–Trinajstić information content (AvgIpc) is 3.07. The molecule has 55 heavy (non-hydrogen) atoms. The molecule has 0 atom stereocenters. The fourth-order valence-electron chi connectivity index (χ4n) is 5.49. The van der Waals surface area contributed by atoms with E-state index in [1.165, 1.54) is 23.5 Å². The van der Waals surface area contributed by atoms with Gasteiger partial charge in [0, 0.05) is 56.6 Å². The van der Waals surface area contributed by atoms with Gasteiger partial charge in [-0.3, -0.25) is 24.6 Å². The lowest BCUT2D eigenvalue weighted by molar-refractivity contribution is 0.0991. The van der Waals surface area contributed by atoms with Crippen molar-refractivity contribution in [3.8, 4) is 5.75 Å². The van der Waals surface area contributed by atoms with Crippen LogP contribution in [-0.2, 0) is 23.7 Å². The highest BCUT2D eigenvalue weighted by Gasteiger charge is 2.23. The van der Waals surface area contributed by atoms with Crippen LogP contribution in [0.2, 0.25) is 0 Å². The zero-order chi connectivity index (χ0) is 41.1. The van der Waals surface area contributed by atoms with E-state index >= 15 is 0 Å². The molecule has 0 unspecified atom stereocenters. The molecule has 0 bridgehead atoms. The number of hydrogen-bond acceptors (Lipinski definition) is 10. The Hall–Kier alpha value is -4.89. The molecule has 0 heterocycles. The maximum atomic E-state index is 14.3. The van der Waals surface area contributed by atoms with Crippen LogP contribution in [0.4, 0.5) is 11.4 Å². The van der Waals surface area contributed by atoms with Crippen LogP contribution in [0.5, 0.6) is 5.75 Å². The van der Waals surface area contributed by atoms with Crippen LogP contribution in [0.1, 0.15) is 91.4 Å². The van der Waals surface area contributed by atoms with E-state index in [1.54, 1.807) is 25.1 Å². The predicted molar refractivity (Wildman–Crippen MR) is 232 cm³/mol. The molecule has 14 N–H and O–H groups in total. The smallest absolute Gasteiger partial charge is 0.186 e. The lowest BCUT2D eigenvalue weighted by atomic mass is 9.84. The highest BCUT2D eigenvalue weighted by atomic mass is 32.2. The number of guanidine groups is 2. The number of nitrogens with zero attached hydrogens (tertiary/aromatic N) is 3. The van der Waals surface area contributed by atoms with E-state index in [2.05, 4.69) is 56.5 Å². The number of ether oxygens (including phenoxy) is 1. The molecule has 0 spiro atoms. The van der Waals surface area contributed by atoms with Gasteiger partial charge in [-0.05, 0) is 70.3 Å². The minimum atomic E-state index is -0.225. The van der Waals surface area contributed by atoms with E-state index in [0.717, 1.165) is 32.0 Å². The van der Waals surface area contributed by atoms with Crippen LogP contribution in [0.3, 0.4) is 0 Å². The van der Waals surface area contributed by atoms with Crippen LogP contribution < -0.4 is 44.9 Å². The SMILES string of the molecule is CC(N)=NCCSc1c(N)cc(C(C)(C)C)cc1CC(=O)c1cc(OCCN=C(N)N)cc(C(=O)Cc2cc(C(C)(C)C)cc(N)c2SCCN=C(N)N)c1. The Bertz CT molecular complexity index is 1810. The number of nitrogens with two attached hydrogens (primary N) is 7. The Labute approximate surface area is 333 Å². The molecule has 3 aromatic carbocycles. The molecule has 15 heteroatoms. The number of carbonyl (C=O) groups excluding carboxylic acids is 2. The monoisotopic (exact) mass is 790 g/mol. The zero-order valence-electron chi connectivity index (χ0n) is 33.1. The molecule has 0 aliphatic heterocycles. The normalized spacial score (nSPS) is 11.9. The fourth-order valence-corrected chi connectivity index (χ4v) is 7.35. The first-order chi connectivity index (χ1) is 25.6. The van der Waals surface area contributed by atoms with E-state index in [9.17, 15) is 9.59 Å². The number of anilines is 2. The number of amidine groups is 1.